The minimum absolute atomic E-state index is 0.305. The maximum atomic E-state index is 11.0. The highest BCUT2D eigenvalue weighted by atomic mass is 16.5. The quantitative estimate of drug-likeness (QED) is 0.530. The maximum absolute atomic E-state index is 11.0. The Morgan fingerprint density at radius 3 is 3.07 bits per heavy atom. The minimum atomic E-state index is -0.305. The van der Waals surface area contributed by atoms with E-state index in [9.17, 15) is 4.79 Å². The minimum Gasteiger partial charge on any atom is -0.457 e. The van der Waals surface area contributed by atoms with Crippen LogP contribution in [0.1, 0.15) is 0 Å². The molecular weight excluding hydrogens is 178 g/mol. The zero-order valence-corrected chi connectivity index (χ0v) is 7.36. The first-order chi connectivity index (χ1) is 6.84. The highest BCUT2D eigenvalue weighted by molar-refractivity contribution is 5.90. The van der Waals surface area contributed by atoms with Crippen molar-refractivity contribution >= 4 is 11.5 Å². The average Bonchev–Trinajstić information content (AvgIpc) is 2.54. The second-order valence-corrected chi connectivity index (χ2v) is 3.24. The van der Waals surface area contributed by atoms with Crippen LogP contribution < -0.4 is 10.6 Å². The molecule has 0 unspecified atom stereocenters. The van der Waals surface area contributed by atoms with E-state index in [0.717, 1.165) is 21.8 Å². The Kier molecular flexibility index (Phi) is 1.36. The Bertz CT molecular complexity index is 569. The summed E-state index contributed by atoms with van der Waals surface area (Å²) in [7, 11) is 0. The molecule has 68 valence electrons. The molecule has 0 saturated heterocycles. The van der Waals surface area contributed by atoms with E-state index < -0.39 is 0 Å². The number of rotatable bonds is 0. The molecule has 2 aliphatic heterocycles. The highest BCUT2D eigenvalue weighted by Crippen LogP contribution is 2.18. The molecular formula is C11H7NO2. The first kappa shape index (κ1) is 7.50. The Balaban J connectivity index is 2.40. The van der Waals surface area contributed by atoms with Crippen molar-refractivity contribution in [1.82, 2.24) is 0 Å². The molecule has 0 bridgehead atoms. The molecule has 2 heterocycles. The molecule has 3 rings (SSSR count). The number of benzene rings is 1. The maximum Gasteiger partial charge on any atom is 0.333 e. The fourth-order valence-corrected chi connectivity index (χ4v) is 1.73. The van der Waals surface area contributed by atoms with Gasteiger partial charge in [0.1, 0.15) is 6.61 Å². The van der Waals surface area contributed by atoms with Crippen LogP contribution in [0.4, 0.5) is 0 Å². The number of hydrogen-bond acceptors (Lipinski definition) is 3. The molecule has 0 radical (unpaired) electrons. The fourth-order valence-electron chi connectivity index (χ4n) is 1.73. The van der Waals surface area contributed by atoms with Gasteiger partial charge in [0.25, 0.3) is 0 Å². The van der Waals surface area contributed by atoms with E-state index in [2.05, 4.69) is 4.99 Å². The summed E-state index contributed by atoms with van der Waals surface area (Å²) in [5.41, 5.74) is 1.77. The summed E-state index contributed by atoms with van der Waals surface area (Å²) in [5.74, 6) is -0.305. The van der Waals surface area contributed by atoms with Gasteiger partial charge in [0.2, 0.25) is 0 Å². The highest BCUT2D eigenvalue weighted by Gasteiger charge is 2.19. The van der Waals surface area contributed by atoms with Gasteiger partial charge >= 0.3 is 5.97 Å². The second kappa shape index (κ2) is 2.54. The number of hydrogen-bond donors (Lipinski definition) is 0. The zero-order valence-electron chi connectivity index (χ0n) is 7.36. The first-order valence-electron chi connectivity index (χ1n) is 4.40. The van der Waals surface area contributed by atoms with Gasteiger partial charge in [-0.2, -0.15) is 0 Å². The van der Waals surface area contributed by atoms with Crippen LogP contribution in [-0.4, -0.2) is 12.6 Å². The number of carbonyl (C=O) groups excluding carboxylic acids is 1. The lowest BCUT2D eigenvalue weighted by molar-refractivity contribution is -0.136. The van der Waals surface area contributed by atoms with Crippen molar-refractivity contribution in [2.75, 3.05) is 6.61 Å². The van der Waals surface area contributed by atoms with Gasteiger partial charge in [-0.15, -0.1) is 0 Å². The number of nitrogens with zero attached hydrogens (tertiary/aromatic N) is 1. The van der Waals surface area contributed by atoms with Crippen molar-refractivity contribution < 1.29 is 9.53 Å². The smallest absolute Gasteiger partial charge is 0.333 e. The fraction of sp³-hybridized carbons (Fsp3) is 0.0909. The van der Waals surface area contributed by atoms with Gasteiger partial charge in [0.05, 0.1) is 11.1 Å². The largest absolute Gasteiger partial charge is 0.457 e. The van der Waals surface area contributed by atoms with Gasteiger partial charge < -0.3 is 4.74 Å². The summed E-state index contributed by atoms with van der Waals surface area (Å²) in [6, 6.07) is 7.82. The van der Waals surface area contributed by atoms with Crippen LogP contribution in [0.15, 0.2) is 41.0 Å². The van der Waals surface area contributed by atoms with Crippen LogP contribution >= 0.6 is 0 Å². The van der Waals surface area contributed by atoms with Crippen LogP contribution in [0.2, 0.25) is 0 Å². The molecule has 3 nitrogen and oxygen atoms in total. The number of fused-ring (bicyclic) bond motifs is 2. The van der Waals surface area contributed by atoms with Crippen molar-refractivity contribution in [2.45, 2.75) is 0 Å². The van der Waals surface area contributed by atoms with Gasteiger partial charge in [0, 0.05) is 16.9 Å². The lowest BCUT2D eigenvalue weighted by Gasteiger charge is -2.10. The molecule has 0 atom stereocenters. The molecule has 0 spiro atoms. The summed E-state index contributed by atoms with van der Waals surface area (Å²) < 4.78 is 4.94. The third-order valence-corrected chi connectivity index (χ3v) is 2.39. The van der Waals surface area contributed by atoms with E-state index in [1.165, 1.54) is 6.08 Å². The molecule has 1 aromatic carbocycles. The van der Waals surface area contributed by atoms with E-state index in [1.807, 2.05) is 24.3 Å². The topological polar surface area (TPSA) is 38.7 Å². The lowest BCUT2D eigenvalue weighted by atomic mass is 10.1. The van der Waals surface area contributed by atoms with Crippen LogP contribution in [0.3, 0.4) is 0 Å². The summed E-state index contributed by atoms with van der Waals surface area (Å²) in [4.78, 5) is 15.3. The van der Waals surface area contributed by atoms with Crippen LogP contribution in [0.25, 0.3) is 5.57 Å². The van der Waals surface area contributed by atoms with Crippen molar-refractivity contribution in [3.8, 4) is 0 Å². The zero-order chi connectivity index (χ0) is 9.54. The average molecular weight is 185 g/mol. The Morgan fingerprint density at radius 1 is 1.29 bits per heavy atom. The van der Waals surface area contributed by atoms with Gasteiger partial charge in [-0.05, 0) is 6.07 Å². The van der Waals surface area contributed by atoms with E-state index in [0.29, 0.717) is 6.61 Å². The molecule has 0 aliphatic carbocycles. The Morgan fingerprint density at radius 2 is 2.14 bits per heavy atom. The molecule has 0 N–H and O–H groups in total. The summed E-state index contributed by atoms with van der Waals surface area (Å²) in [6.07, 6.45) is 1.44. The third-order valence-electron chi connectivity index (χ3n) is 2.39. The Hall–Kier alpha value is -1.90. The number of carbonyl (C=O) groups is 1. The van der Waals surface area contributed by atoms with Crippen LogP contribution in [0, 0.1) is 0 Å². The third kappa shape index (κ3) is 0.923. The van der Waals surface area contributed by atoms with E-state index in [-0.39, 0.29) is 5.97 Å². The Labute approximate surface area is 80.0 Å². The number of esters is 1. The summed E-state index contributed by atoms with van der Waals surface area (Å²) in [6.45, 7) is 0.338. The van der Waals surface area contributed by atoms with Gasteiger partial charge in [0.15, 0.2) is 0 Å². The lowest BCUT2D eigenvalue weighted by Crippen LogP contribution is -2.24. The predicted molar refractivity (Wildman–Crippen MR) is 49.7 cm³/mol. The summed E-state index contributed by atoms with van der Waals surface area (Å²) >= 11 is 0. The van der Waals surface area contributed by atoms with Crippen molar-refractivity contribution in [3.05, 3.63) is 46.6 Å². The van der Waals surface area contributed by atoms with Crippen molar-refractivity contribution in [3.63, 3.8) is 0 Å². The predicted octanol–water partition coefficient (Wildman–Crippen LogP) is -0.0888. The number of cyclic esters (lactones) is 1. The number of ether oxygens (including phenoxy) is 1. The van der Waals surface area contributed by atoms with Gasteiger partial charge in [-0.1, -0.05) is 18.2 Å². The van der Waals surface area contributed by atoms with E-state index >= 15 is 0 Å². The standard InChI is InChI=1S/C11H7NO2/c13-11-5-10-8(6-14-11)7-3-1-2-4-9(7)12-10/h1-5H,6H2. The van der Waals surface area contributed by atoms with Crippen molar-refractivity contribution in [1.29, 1.82) is 0 Å². The van der Waals surface area contributed by atoms with Gasteiger partial charge in [-0.3, -0.25) is 0 Å². The molecule has 1 aromatic rings. The summed E-state index contributed by atoms with van der Waals surface area (Å²) in [5, 5.41) is 2.00. The van der Waals surface area contributed by atoms with Gasteiger partial charge in [-0.25, -0.2) is 9.79 Å². The molecule has 3 heteroatoms. The monoisotopic (exact) mass is 185 g/mol. The SMILES string of the molecule is O=C1C=C2N=c3ccccc3=C2CO1. The molecule has 14 heavy (non-hydrogen) atoms. The normalized spacial score (nSPS) is 17.9. The van der Waals surface area contributed by atoms with E-state index in [4.69, 9.17) is 4.74 Å². The van der Waals surface area contributed by atoms with E-state index in [1.54, 1.807) is 0 Å². The molecule has 0 amide bonds. The second-order valence-electron chi connectivity index (χ2n) is 3.24. The molecule has 2 aliphatic rings. The molecule has 0 fully saturated rings. The molecule has 0 aromatic heterocycles. The van der Waals surface area contributed by atoms with Crippen LogP contribution in [0.5, 0.6) is 0 Å². The first-order valence-corrected chi connectivity index (χ1v) is 4.40. The van der Waals surface area contributed by atoms with Crippen molar-refractivity contribution in [2.24, 2.45) is 4.99 Å². The number of para-hydroxylation sites is 1. The molecule has 0 saturated carbocycles. The van der Waals surface area contributed by atoms with Crippen LogP contribution in [-0.2, 0) is 9.53 Å².